The lowest BCUT2D eigenvalue weighted by molar-refractivity contribution is -0.130. The Balaban J connectivity index is 1.28. The predicted octanol–water partition coefficient (Wildman–Crippen LogP) is 3.62. The molecule has 4 bridgehead atoms. The van der Waals surface area contributed by atoms with E-state index < -0.39 is 0 Å². The topological polar surface area (TPSA) is 67.4 Å². The monoisotopic (exact) mass is 368 g/mol. The SMILES string of the molecule is C=CCOc1ccc(C(=O)NNC(=O)CC23CC4CC(CC(C4)C2)C3)cc1. The van der Waals surface area contributed by atoms with Gasteiger partial charge in [0, 0.05) is 12.0 Å². The van der Waals surface area contributed by atoms with E-state index in [1.54, 1.807) is 30.3 Å². The molecule has 0 atom stereocenters. The second kappa shape index (κ2) is 7.37. The van der Waals surface area contributed by atoms with Crippen molar-refractivity contribution < 1.29 is 14.3 Å². The van der Waals surface area contributed by atoms with Gasteiger partial charge in [-0.05, 0) is 86.0 Å². The fourth-order valence-corrected chi connectivity index (χ4v) is 5.95. The van der Waals surface area contributed by atoms with E-state index in [2.05, 4.69) is 17.4 Å². The van der Waals surface area contributed by atoms with Gasteiger partial charge in [0.25, 0.3) is 5.91 Å². The third kappa shape index (κ3) is 4.02. The van der Waals surface area contributed by atoms with Crippen LogP contribution in [0.2, 0.25) is 0 Å². The van der Waals surface area contributed by atoms with Gasteiger partial charge in [0.2, 0.25) is 5.91 Å². The van der Waals surface area contributed by atoms with Crippen molar-refractivity contribution in [3.8, 4) is 5.75 Å². The second-order valence-corrected chi connectivity index (χ2v) is 8.72. The highest BCUT2D eigenvalue weighted by Gasteiger charge is 2.51. The zero-order valence-electron chi connectivity index (χ0n) is 15.7. The highest BCUT2D eigenvalue weighted by Crippen LogP contribution is 2.61. The van der Waals surface area contributed by atoms with Gasteiger partial charge in [-0.25, -0.2) is 0 Å². The van der Waals surface area contributed by atoms with Gasteiger partial charge < -0.3 is 4.74 Å². The average Bonchev–Trinajstić information content (AvgIpc) is 2.63. The summed E-state index contributed by atoms with van der Waals surface area (Å²) in [5.74, 6) is 2.75. The van der Waals surface area contributed by atoms with Gasteiger partial charge in [0.15, 0.2) is 0 Å². The molecular formula is C22H28N2O3. The van der Waals surface area contributed by atoms with E-state index >= 15 is 0 Å². The normalized spacial score (nSPS) is 30.6. The van der Waals surface area contributed by atoms with Crippen LogP contribution in [0.4, 0.5) is 0 Å². The van der Waals surface area contributed by atoms with Crippen molar-refractivity contribution >= 4 is 11.8 Å². The summed E-state index contributed by atoms with van der Waals surface area (Å²) in [5, 5.41) is 0. The molecule has 0 radical (unpaired) electrons. The summed E-state index contributed by atoms with van der Waals surface area (Å²) in [6.45, 7) is 4.02. The lowest BCUT2D eigenvalue weighted by atomic mass is 9.49. The number of hydrogen-bond acceptors (Lipinski definition) is 3. The minimum Gasteiger partial charge on any atom is -0.490 e. The van der Waals surface area contributed by atoms with Crippen molar-refractivity contribution in [2.75, 3.05) is 6.61 Å². The van der Waals surface area contributed by atoms with Gasteiger partial charge in [-0.15, -0.1) is 0 Å². The third-order valence-electron chi connectivity index (χ3n) is 6.50. The predicted molar refractivity (Wildman–Crippen MR) is 103 cm³/mol. The smallest absolute Gasteiger partial charge is 0.269 e. The van der Waals surface area contributed by atoms with Crippen LogP contribution in [0.1, 0.15) is 55.3 Å². The van der Waals surface area contributed by atoms with Gasteiger partial charge in [-0.2, -0.15) is 0 Å². The molecule has 2 N–H and O–H groups in total. The summed E-state index contributed by atoms with van der Waals surface area (Å²) in [4.78, 5) is 24.7. The lowest BCUT2D eigenvalue weighted by Gasteiger charge is -2.56. The molecule has 1 aromatic carbocycles. The Morgan fingerprint density at radius 2 is 1.63 bits per heavy atom. The number of rotatable bonds is 6. The van der Waals surface area contributed by atoms with Crippen LogP contribution >= 0.6 is 0 Å². The number of carbonyl (C=O) groups excluding carboxylic acids is 2. The van der Waals surface area contributed by atoms with Crippen LogP contribution in [0.25, 0.3) is 0 Å². The highest BCUT2D eigenvalue weighted by molar-refractivity contribution is 5.95. The molecule has 4 fully saturated rings. The maximum atomic E-state index is 12.5. The van der Waals surface area contributed by atoms with E-state index in [1.807, 2.05) is 0 Å². The summed E-state index contributed by atoms with van der Waals surface area (Å²) in [7, 11) is 0. The summed E-state index contributed by atoms with van der Waals surface area (Å²) in [6, 6.07) is 6.82. The average molecular weight is 368 g/mol. The Labute approximate surface area is 160 Å². The van der Waals surface area contributed by atoms with Gasteiger partial charge in [0.05, 0.1) is 0 Å². The summed E-state index contributed by atoms with van der Waals surface area (Å²) < 4.78 is 5.40. The maximum absolute atomic E-state index is 12.5. The molecule has 0 saturated heterocycles. The van der Waals surface area contributed by atoms with Crippen LogP contribution in [-0.4, -0.2) is 18.4 Å². The van der Waals surface area contributed by atoms with Crippen LogP contribution in [0.15, 0.2) is 36.9 Å². The van der Waals surface area contributed by atoms with E-state index in [-0.39, 0.29) is 17.2 Å². The second-order valence-electron chi connectivity index (χ2n) is 8.72. The summed E-state index contributed by atoms with van der Waals surface area (Å²) in [6.07, 6.45) is 9.86. The minimum atomic E-state index is -0.316. The third-order valence-corrected chi connectivity index (χ3v) is 6.50. The number of hydrogen-bond donors (Lipinski definition) is 2. The van der Waals surface area contributed by atoms with Crippen molar-refractivity contribution in [2.45, 2.75) is 44.9 Å². The Kier molecular flexibility index (Phi) is 4.94. The summed E-state index contributed by atoms with van der Waals surface area (Å²) in [5.41, 5.74) is 5.83. The van der Waals surface area contributed by atoms with Gasteiger partial charge in [-0.1, -0.05) is 12.7 Å². The molecule has 4 aliphatic carbocycles. The van der Waals surface area contributed by atoms with Crippen molar-refractivity contribution in [3.05, 3.63) is 42.5 Å². The van der Waals surface area contributed by atoms with Crippen LogP contribution in [0, 0.1) is 23.2 Å². The molecule has 5 rings (SSSR count). The number of ether oxygens (including phenoxy) is 1. The molecule has 5 heteroatoms. The number of carbonyl (C=O) groups is 2. The number of nitrogens with one attached hydrogen (secondary N) is 2. The first kappa shape index (κ1) is 18.1. The van der Waals surface area contributed by atoms with Gasteiger partial charge in [-0.3, -0.25) is 20.4 Å². The van der Waals surface area contributed by atoms with Crippen molar-refractivity contribution in [3.63, 3.8) is 0 Å². The van der Waals surface area contributed by atoms with Crippen LogP contribution < -0.4 is 15.6 Å². The molecule has 144 valence electrons. The highest BCUT2D eigenvalue weighted by atomic mass is 16.5. The van der Waals surface area contributed by atoms with Gasteiger partial charge >= 0.3 is 0 Å². The molecule has 27 heavy (non-hydrogen) atoms. The quantitative estimate of drug-likeness (QED) is 0.595. The number of benzene rings is 1. The fourth-order valence-electron chi connectivity index (χ4n) is 5.95. The molecule has 1 aromatic rings. The molecular weight excluding hydrogens is 340 g/mol. The van der Waals surface area contributed by atoms with E-state index in [0.717, 1.165) is 17.8 Å². The molecule has 5 nitrogen and oxygen atoms in total. The standard InChI is InChI=1S/C22H28N2O3/c1-2-7-27-19-5-3-18(4-6-19)21(26)24-23-20(25)14-22-11-15-8-16(12-22)10-17(9-15)13-22/h2-6,15-17H,1,7-14H2,(H,23,25)(H,24,26). The molecule has 0 heterocycles. The van der Waals surface area contributed by atoms with E-state index in [9.17, 15) is 9.59 Å². The fraction of sp³-hybridized carbons (Fsp3) is 0.545. The van der Waals surface area contributed by atoms with Crippen molar-refractivity contribution in [1.82, 2.24) is 10.9 Å². The van der Waals surface area contributed by atoms with Crippen molar-refractivity contribution in [2.24, 2.45) is 23.2 Å². The Morgan fingerprint density at radius 1 is 1.04 bits per heavy atom. The zero-order chi connectivity index (χ0) is 18.9. The van der Waals surface area contributed by atoms with E-state index in [0.29, 0.717) is 24.3 Å². The molecule has 0 unspecified atom stereocenters. The molecule has 4 saturated carbocycles. The Bertz CT molecular complexity index is 690. The van der Waals surface area contributed by atoms with Crippen LogP contribution in [0.5, 0.6) is 5.75 Å². The molecule has 0 spiro atoms. The summed E-state index contributed by atoms with van der Waals surface area (Å²) >= 11 is 0. The molecule has 0 aromatic heterocycles. The number of amides is 2. The van der Waals surface area contributed by atoms with Crippen LogP contribution in [0.3, 0.4) is 0 Å². The Hall–Kier alpha value is -2.30. The Morgan fingerprint density at radius 3 is 2.19 bits per heavy atom. The molecule has 0 aliphatic heterocycles. The van der Waals surface area contributed by atoms with Crippen molar-refractivity contribution in [1.29, 1.82) is 0 Å². The lowest BCUT2D eigenvalue weighted by Crippen LogP contribution is -2.50. The van der Waals surface area contributed by atoms with E-state index in [1.165, 1.54) is 38.5 Å². The first-order chi connectivity index (χ1) is 13.0. The first-order valence-corrected chi connectivity index (χ1v) is 9.98. The number of hydrazine groups is 1. The maximum Gasteiger partial charge on any atom is 0.269 e. The largest absolute Gasteiger partial charge is 0.490 e. The molecule has 2 amide bonds. The zero-order valence-corrected chi connectivity index (χ0v) is 15.7. The molecule has 4 aliphatic rings. The minimum absolute atomic E-state index is 0.0729. The van der Waals surface area contributed by atoms with E-state index in [4.69, 9.17) is 4.74 Å². The van der Waals surface area contributed by atoms with Crippen LogP contribution in [-0.2, 0) is 4.79 Å². The van der Waals surface area contributed by atoms with Gasteiger partial charge in [0.1, 0.15) is 12.4 Å². The first-order valence-electron chi connectivity index (χ1n) is 9.98.